The maximum absolute atomic E-state index is 11.7. The largest absolute Gasteiger partial charge is 0.360 e. The van der Waals surface area contributed by atoms with Gasteiger partial charge in [0.25, 0.3) is 0 Å². The summed E-state index contributed by atoms with van der Waals surface area (Å²) >= 11 is 0. The van der Waals surface area contributed by atoms with E-state index in [4.69, 9.17) is 0 Å². The standard InChI is InChI=1S/C10H12N2O/c1-7-3-4-8-9(5-6-11-8)12(2)10(7)13/h3-7,11H,1-2H3. The normalized spacial score (nSPS) is 21.5. The second-order valence-corrected chi connectivity index (χ2v) is 3.32. The molecule has 1 aliphatic rings. The van der Waals surface area contributed by atoms with Crippen molar-refractivity contribution in [1.29, 1.82) is 0 Å². The minimum Gasteiger partial charge on any atom is -0.360 e. The summed E-state index contributed by atoms with van der Waals surface area (Å²) in [6.45, 7) is 1.90. The molecule has 68 valence electrons. The zero-order chi connectivity index (χ0) is 9.42. The molecule has 0 radical (unpaired) electrons. The quantitative estimate of drug-likeness (QED) is 0.641. The van der Waals surface area contributed by atoms with Gasteiger partial charge in [-0.15, -0.1) is 0 Å². The number of nitrogens with one attached hydrogen (secondary N) is 1. The molecule has 1 atom stereocenters. The molecule has 1 unspecified atom stereocenters. The number of amides is 1. The van der Waals surface area contributed by atoms with E-state index in [0.29, 0.717) is 0 Å². The Morgan fingerprint density at radius 3 is 3.08 bits per heavy atom. The predicted octanol–water partition coefficient (Wildman–Crippen LogP) is 1.64. The van der Waals surface area contributed by atoms with Gasteiger partial charge >= 0.3 is 0 Å². The topological polar surface area (TPSA) is 36.1 Å². The van der Waals surface area contributed by atoms with Crippen LogP contribution in [0.4, 0.5) is 5.69 Å². The molecule has 0 saturated heterocycles. The molecule has 0 aromatic carbocycles. The molecule has 2 rings (SSSR count). The minimum atomic E-state index is -0.0363. The second kappa shape index (κ2) is 2.76. The number of H-pyrrole nitrogens is 1. The van der Waals surface area contributed by atoms with Crippen LogP contribution in [0.3, 0.4) is 0 Å². The molecular weight excluding hydrogens is 164 g/mol. The van der Waals surface area contributed by atoms with E-state index in [0.717, 1.165) is 11.4 Å². The van der Waals surface area contributed by atoms with E-state index in [1.165, 1.54) is 0 Å². The van der Waals surface area contributed by atoms with Gasteiger partial charge in [0.1, 0.15) is 0 Å². The first kappa shape index (κ1) is 8.10. The number of anilines is 1. The Morgan fingerprint density at radius 1 is 1.54 bits per heavy atom. The Bertz CT molecular complexity index is 365. The highest BCUT2D eigenvalue weighted by Crippen LogP contribution is 2.24. The third kappa shape index (κ3) is 1.16. The van der Waals surface area contributed by atoms with E-state index in [1.807, 2.05) is 31.3 Å². The van der Waals surface area contributed by atoms with Crippen molar-refractivity contribution >= 4 is 17.7 Å². The molecule has 1 amide bonds. The van der Waals surface area contributed by atoms with Crippen molar-refractivity contribution in [2.24, 2.45) is 5.92 Å². The first-order chi connectivity index (χ1) is 6.20. The van der Waals surface area contributed by atoms with Crippen molar-refractivity contribution < 1.29 is 4.79 Å². The van der Waals surface area contributed by atoms with Gasteiger partial charge in [0, 0.05) is 13.2 Å². The van der Waals surface area contributed by atoms with Gasteiger partial charge in [-0.25, -0.2) is 0 Å². The number of carbonyl (C=O) groups excluding carboxylic acids is 1. The van der Waals surface area contributed by atoms with Gasteiger partial charge in [0.2, 0.25) is 5.91 Å². The van der Waals surface area contributed by atoms with Gasteiger partial charge in [0.15, 0.2) is 0 Å². The maximum atomic E-state index is 11.7. The Morgan fingerprint density at radius 2 is 2.31 bits per heavy atom. The summed E-state index contributed by atoms with van der Waals surface area (Å²) in [5.74, 6) is 0.0976. The number of hydrogen-bond acceptors (Lipinski definition) is 1. The minimum absolute atomic E-state index is 0.0363. The molecule has 3 nitrogen and oxygen atoms in total. The number of aromatic nitrogens is 1. The monoisotopic (exact) mass is 176 g/mol. The van der Waals surface area contributed by atoms with E-state index in [1.54, 1.807) is 11.9 Å². The van der Waals surface area contributed by atoms with Crippen LogP contribution in [0.25, 0.3) is 6.08 Å². The summed E-state index contributed by atoms with van der Waals surface area (Å²) in [7, 11) is 1.80. The fourth-order valence-electron chi connectivity index (χ4n) is 1.55. The third-order valence-electron chi connectivity index (χ3n) is 2.39. The Balaban J connectivity index is 2.51. The molecule has 1 aliphatic heterocycles. The summed E-state index contributed by atoms with van der Waals surface area (Å²) in [6.07, 6.45) is 5.72. The Labute approximate surface area is 77.1 Å². The van der Waals surface area contributed by atoms with Crippen LogP contribution < -0.4 is 4.90 Å². The molecule has 0 bridgehead atoms. The van der Waals surface area contributed by atoms with Gasteiger partial charge in [-0.05, 0) is 12.1 Å². The fraction of sp³-hybridized carbons (Fsp3) is 0.300. The lowest BCUT2D eigenvalue weighted by molar-refractivity contribution is -0.120. The number of hydrogen-bond donors (Lipinski definition) is 1. The van der Waals surface area contributed by atoms with Crippen LogP contribution in [0.5, 0.6) is 0 Å². The maximum Gasteiger partial charge on any atom is 0.233 e. The summed E-state index contributed by atoms with van der Waals surface area (Å²) in [6, 6.07) is 1.91. The van der Waals surface area contributed by atoms with Gasteiger partial charge in [-0.2, -0.15) is 0 Å². The smallest absolute Gasteiger partial charge is 0.233 e. The van der Waals surface area contributed by atoms with E-state index < -0.39 is 0 Å². The first-order valence-electron chi connectivity index (χ1n) is 4.33. The molecular formula is C10H12N2O. The van der Waals surface area contributed by atoms with E-state index in [9.17, 15) is 4.79 Å². The number of carbonyl (C=O) groups is 1. The zero-order valence-corrected chi connectivity index (χ0v) is 7.74. The average molecular weight is 176 g/mol. The second-order valence-electron chi connectivity index (χ2n) is 3.32. The van der Waals surface area contributed by atoms with Gasteiger partial charge in [0.05, 0.1) is 17.3 Å². The van der Waals surface area contributed by atoms with Crippen LogP contribution in [-0.4, -0.2) is 17.9 Å². The highest BCUT2D eigenvalue weighted by molar-refractivity contribution is 5.99. The van der Waals surface area contributed by atoms with Gasteiger partial charge in [-0.3, -0.25) is 4.79 Å². The number of aromatic amines is 1. The van der Waals surface area contributed by atoms with E-state index >= 15 is 0 Å². The van der Waals surface area contributed by atoms with E-state index in [2.05, 4.69) is 4.98 Å². The van der Waals surface area contributed by atoms with Crippen LogP contribution >= 0.6 is 0 Å². The lowest BCUT2D eigenvalue weighted by Gasteiger charge is -2.16. The fourth-order valence-corrected chi connectivity index (χ4v) is 1.55. The van der Waals surface area contributed by atoms with Crippen LogP contribution in [0.15, 0.2) is 18.3 Å². The molecule has 1 N–H and O–H groups in total. The van der Waals surface area contributed by atoms with Gasteiger partial charge in [-0.1, -0.05) is 13.0 Å². The molecule has 3 heteroatoms. The van der Waals surface area contributed by atoms with Crippen molar-refractivity contribution in [2.45, 2.75) is 6.92 Å². The molecule has 0 spiro atoms. The highest BCUT2D eigenvalue weighted by Gasteiger charge is 2.21. The highest BCUT2D eigenvalue weighted by atomic mass is 16.2. The van der Waals surface area contributed by atoms with Crippen molar-refractivity contribution in [3.63, 3.8) is 0 Å². The first-order valence-corrected chi connectivity index (χ1v) is 4.33. The Kier molecular flexibility index (Phi) is 1.72. The number of nitrogens with zero attached hydrogens (tertiary/aromatic N) is 1. The average Bonchev–Trinajstić information content (AvgIpc) is 2.56. The number of rotatable bonds is 0. The summed E-state index contributed by atoms with van der Waals surface area (Å²) < 4.78 is 0. The van der Waals surface area contributed by atoms with Crippen molar-refractivity contribution in [3.8, 4) is 0 Å². The third-order valence-corrected chi connectivity index (χ3v) is 2.39. The summed E-state index contributed by atoms with van der Waals surface area (Å²) in [5, 5.41) is 0. The summed E-state index contributed by atoms with van der Waals surface area (Å²) in [4.78, 5) is 16.4. The molecule has 0 aliphatic carbocycles. The van der Waals surface area contributed by atoms with Crippen LogP contribution in [0, 0.1) is 5.92 Å². The SMILES string of the molecule is CC1C=Cc2[nH]ccc2N(C)C1=O. The molecule has 13 heavy (non-hydrogen) atoms. The predicted molar refractivity (Wildman–Crippen MR) is 52.4 cm³/mol. The lowest BCUT2D eigenvalue weighted by Crippen LogP contribution is -2.29. The molecule has 0 saturated carbocycles. The summed E-state index contributed by atoms with van der Waals surface area (Å²) in [5.41, 5.74) is 1.95. The molecule has 2 heterocycles. The molecule has 0 fully saturated rings. The molecule has 1 aromatic rings. The Hall–Kier alpha value is -1.51. The zero-order valence-electron chi connectivity index (χ0n) is 7.74. The lowest BCUT2D eigenvalue weighted by atomic mass is 10.1. The van der Waals surface area contributed by atoms with E-state index in [-0.39, 0.29) is 11.8 Å². The van der Waals surface area contributed by atoms with Gasteiger partial charge < -0.3 is 9.88 Å². The van der Waals surface area contributed by atoms with Crippen molar-refractivity contribution in [2.75, 3.05) is 11.9 Å². The van der Waals surface area contributed by atoms with Crippen LogP contribution in [0.2, 0.25) is 0 Å². The van der Waals surface area contributed by atoms with Crippen LogP contribution in [-0.2, 0) is 4.79 Å². The van der Waals surface area contributed by atoms with Crippen molar-refractivity contribution in [1.82, 2.24) is 4.98 Å². The number of fused-ring (bicyclic) bond motifs is 1. The van der Waals surface area contributed by atoms with Crippen molar-refractivity contribution in [3.05, 3.63) is 24.0 Å². The van der Waals surface area contributed by atoms with Crippen LogP contribution in [0.1, 0.15) is 12.6 Å². The molecule has 1 aromatic heterocycles.